The first-order valence-corrected chi connectivity index (χ1v) is 11.4. The third-order valence-corrected chi connectivity index (χ3v) is 6.26. The van der Waals surface area contributed by atoms with Crippen LogP contribution in [0.2, 0.25) is 0 Å². The number of anilines is 2. The largest absolute Gasteiger partial charge is 0.484 e. The lowest BCUT2D eigenvalue weighted by Gasteiger charge is -2.29. The van der Waals surface area contributed by atoms with Crippen LogP contribution in [-0.4, -0.2) is 38.8 Å². The number of fused-ring (bicyclic) bond motifs is 3. The molecule has 0 unspecified atom stereocenters. The Labute approximate surface area is 194 Å². The second-order valence-electron chi connectivity index (χ2n) is 8.53. The number of carbonyl (C=O) groups is 1. The predicted octanol–water partition coefficient (Wildman–Crippen LogP) is 5.18. The number of morpholine rings is 1. The maximum atomic E-state index is 13.7. The van der Waals surface area contributed by atoms with Crippen LogP contribution in [-0.2, 0) is 28.5 Å². The number of nitrogens with one attached hydrogen (secondary N) is 1. The number of hydrogen-bond donors (Lipinski definition) is 1. The van der Waals surface area contributed by atoms with Crippen LogP contribution in [0.5, 0.6) is 5.75 Å². The number of rotatable bonds is 5. The summed E-state index contributed by atoms with van der Waals surface area (Å²) in [4.78, 5) is 14.3. The number of furan rings is 1. The number of hydrogen-bond acceptors (Lipinski definition) is 5. The first kappa shape index (κ1) is 22.6. The lowest BCUT2D eigenvalue weighted by molar-refractivity contribution is -0.137. The molecule has 0 spiro atoms. The Morgan fingerprint density at radius 2 is 1.85 bits per heavy atom. The average Bonchev–Trinajstić information content (AvgIpc) is 3.21. The normalized spacial score (nSPS) is 16.4. The van der Waals surface area contributed by atoms with E-state index >= 15 is 0 Å². The van der Waals surface area contributed by atoms with E-state index in [-0.39, 0.29) is 5.69 Å². The summed E-state index contributed by atoms with van der Waals surface area (Å²) in [5.41, 5.74) is 1.21. The molecule has 0 atom stereocenters. The molecule has 1 N–H and O–H groups in total. The monoisotopic (exact) mass is 474 g/mol. The summed E-state index contributed by atoms with van der Waals surface area (Å²) in [5, 5.41) is 3.32. The van der Waals surface area contributed by atoms with Gasteiger partial charge >= 0.3 is 6.18 Å². The van der Waals surface area contributed by atoms with Gasteiger partial charge in [0.05, 0.1) is 24.5 Å². The maximum Gasteiger partial charge on any atom is 0.418 e. The molecule has 1 fully saturated rings. The molecule has 1 aliphatic carbocycles. The van der Waals surface area contributed by atoms with Crippen molar-refractivity contribution < 1.29 is 31.9 Å². The van der Waals surface area contributed by atoms with E-state index in [0.29, 0.717) is 37.7 Å². The van der Waals surface area contributed by atoms with Crippen LogP contribution in [0, 0.1) is 0 Å². The van der Waals surface area contributed by atoms with E-state index in [1.807, 2.05) is 11.0 Å². The van der Waals surface area contributed by atoms with Gasteiger partial charge in [-0.2, -0.15) is 13.2 Å². The Balaban J connectivity index is 1.28. The summed E-state index contributed by atoms with van der Waals surface area (Å²) in [6.07, 6.45) is -0.566. The minimum Gasteiger partial charge on any atom is -0.484 e. The zero-order valence-electron chi connectivity index (χ0n) is 18.5. The lowest BCUT2D eigenvalue weighted by atomic mass is 9.96. The zero-order chi connectivity index (χ0) is 23.7. The molecule has 1 saturated heterocycles. The average molecular weight is 474 g/mol. The summed E-state index contributed by atoms with van der Waals surface area (Å²) < 4.78 is 57.9. The quantitative estimate of drug-likeness (QED) is 0.552. The van der Waals surface area contributed by atoms with Crippen LogP contribution in [0.1, 0.15) is 29.7 Å². The van der Waals surface area contributed by atoms with Crippen molar-refractivity contribution in [2.45, 2.75) is 31.9 Å². The van der Waals surface area contributed by atoms with Crippen LogP contribution in [0.15, 0.2) is 40.8 Å². The molecule has 180 valence electrons. The number of alkyl halides is 3. The summed E-state index contributed by atoms with van der Waals surface area (Å²) in [6.45, 7) is 1.55. The smallest absolute Gasteiger partial charge is 0.418 e. The predicted molar refractivity (Wildman–Crippen MR) is 121 cm³/mol. The van der Waals surface area contributed by atoms with Gasteiger partial charge in [-0.3, -0.25) is 4.79 Å². The Morgan fingerprint density at radius 3 is 2.65 bits per heavy atom. The molecule has 0 radical (unpaired) electrons. The standard InChI is InChI=1S/C25H25F3N2O4/c26-25(27,28)20-13-16(30-9-11-32-12-10-30)5-7-21(20)29-24(31)15-33-17-6-8-23-19(14-17)18-3-1-2-4-22(18)34-23/h5-8,13-14H,1-4,9-12,15H2,(H,29,31). The van der Waals surface area contributed by atoms with Crippen molar-refractivity contribution in [3.05, 3.63) is 53.3 Å². The van der Waals surface area contributed by atoms with E-state index in [9.17, 15) is 18.0 Å². The van der Waals surface area contributed by atoms with Crippen LogP contribution >= 0.6 is 0 Å². The molecule has 9 heteroatoms. The maximum absolute atomic E-state index is 13.7. The highest BCUT2D eigenvalue weighted by Crippen LogP contribution is 2.38. The number of ether oxygens (including phenoxy) is 2. The first-order chi connectivity index (χ1) is 16.4. The third kappa shape index (κ3) is 4.70. The number of carbonyl (C=O) groups excluding carboxylic acids is 1. The molecule has 0 saturated carbocycles. The van der Waals surface area contributed by atoms with Crippen molar-refractivity contribution in [3.63, 3.8) is 0 Å². The highest BCUT2D eigenvalue weighted by Gasteiger charge is 2.35. The molecular weight excluding hydrogens is 449 g/mol. The molecule has 1 amide bonds. The Kier molecular flexibility index (Phi) is 6.12. The van der Waals surface area contributed by atoms with Gasteiger partial charge in [0.1, 0.15) is 17.1 Å². The van der Waals surface area contributed by atoms with E-state index in [1.165, 1.54) is 11.6 Å². The second-order valence-corrected chi connectivity index (χ2v) is 8.53. The molecule has 3 aromatic rings. The van der Waals surface area contributed by atoms with E-state index in [2.05, 4.69) is 5.32 Å². The minimum atomic E-state index is -4.61. The van der Waals surface area contributed by atoms with Crippen molar-refractivity contribution in [1.82, 2.24) is 0 Å². The van der Waals surface area contributed by atoms with Gasteiger partial charge in [0.2, 0.25) is 0 Å². The van der Waals surface area contributed by atoms with Crippen LogP contribution < -0.4 is 15.0 Å². The molecule has 6 nitrogen and oxygen atoms in total. The second kappa shape index (κ2) is 9.21. The summed E-state index contributed by atoms with van der Waals surface area (Å²) >= 11 is 0. The van der Waals surface area contributed by atoms with Crippen LogP contribution in [0.4, 0.5) is 24.5 Å². The summed E-state index contributed by atoms with van der Waals surface area (Å²) in [6, 6.07) is 9.25. The number of benzene rings is 2. The Hall–Kier alpha value is -3.20. The fourth-order valence-corrected chi connectivity index (χ4v) is 4.56. The number of aryl methyl sites for hydroxylation is 2. The molecule has 2 aromatic carbocycles. The summed E-state index contributed by atoms with van der Waals surface area (Å²) in [7, 11) is 0. The third-order valence-electron chi connectivity index (χ3n) is 6.26. The fraction of sp³-hybridized carbons (Fsp3) is 0.400. The zero-order valence-corrected chi connectivity index (χ0v) is 18.5. The lowest BCUT2D eigenvalue weighted by Crippen LogP contribution is -2.36. The molecule has 2 heterocycles. The molecule has 2 aliphatic rings. The number of halogens is 3. The topological polar surface area (TPSA) is 63.9 Å². The first-order valence-electron chi connectivity index (χ1n) is 11.4. The van der Waals surface area contributed by atoms with Crippen LogP contribution in [0.25, 0.3) is 11.0 Å². The summed E-state index contributed by atoms with van der Waals surface area (Å²) in [5.74, 6) is 0.797. The van der Waals surface area contributed by atoms with Gasteiger partial charge in [-0.25, -0.2) is 0 Å². The van der Waals surface area contributed by atoms with Gasteiger partial charge in [0, 0.05) is 36.1 Å². The highest BCUT2D eigenvalue weighted by atomic mass is 19.4. The highest BCUT2D eigenvalue weighted by molar-refractivity contribution is 5.93. The molecule has 1 aromatic heterocycles. The molecule has 5 rings (SSSR count). The van der Waals surface area contributed by atoms with Gasteiger partial charge in [-0.1, -0.05) is 0 Å². The van der Waals surface area contributed by atoms with E-state index in [4.69, 9.17) is 13.9 Å². The molecule has 34 heavy (non-hydrogen) atoms. The molecule has 0 bridgehead atoms. The van der Waals surface area contributed by atoms with E-state index in [1.54, 1.807) is 18.2 Å². The van der Waals surface area contributed by atoms with Crippen LogP contribution in [0.3, 0.4) is 0 Å². The van der Waals surface area contributed by atoms with Gasteiger partial charge in [0.25, 0.3) is 5.91 Å². The van der Waals surface area contributed by atoms with Crippen molar-refractivity contribution in [3.8, 4) is 5.75 Å². The van der Waals surface area contributed by atoms with Gasteiger partial charge < -0.3 is 24.1 Å². The molecular formula is C25H25F3N2O4. The van der Waals surface area contributed by atoms with E-state index < -0.39 is 24.3 Å². The van der Waals surface area contributed by atoms with Gasteiger partial charge in [-0.05, 0) is 55.7 Å². The van der Waals surface area contributed by atoms with Gasteiger partial charge in [-0.15, -0.1) is 0 Å². The van der Waals surface area contributed by atoms with E-state index in [0.717, 1.165) is 48.5 Å². The van der Waals surface area contributed by atoms with Crippen molar-refractivity contribution in [2.75, 3.05) is 43.1 Å². The Bertz CT molecular complexity index is 1200. The number of amides is 1. The van der Waals surface area contributed by atoms with Crippen molar-refractivity contribution >= 4 is 28.3 Å². The molecule has 1 aliphatic heterocycles. The SMILES string of the molecule is O=C(COc1ccc2oc3c(c2c1)CCCC3)Nc1ccc(N2CCOCC2)cc1C(F)(F)F. The fourth-order valence-electron chi connectivity index (χ4n) is 4.56. The van der Waals surface area contributed by atoms with Gasteiger partial charge in [0.15, 0.2) is 6.61 Å². The minimum absolute atomic E-state index is 0.294. The van der Waals surface area contributed by atoms with Crippen molar-refractivity contribution in [1.29, 1.82) is 0 Å². The number of nitrogens with zero attached hydrogens (tertiary/aromatic N) is 1. The Morgan fingerprint density at radius 1 is 1.06 bits per heavy atom. The van der Waals surface area contributed by atoms with Crippen molar-refractivity contribution in [2.24, 2.45) is 0 Å².